The highest BCUT2D eigenvalue weighted by Gasteiger charge is 2.26. The highest BCUT2D eigenvalue weighted by atomic mass is 15.1. The molecular weight excluding hydrogens is 284 g/mol. The number of nitriles is 1. The van der Waals surface area contributed by atoms with Crippen LogP contribution in [0.15, 0.2) is 48.2 Å². The van der Waals surface area contributed by atoms with Crippen molar-refractivity contribution in [2.24, 2.45) is 5.92 Å². The molecule has 3 rings (SSSR count). The van der Waals surface area contributed by atoms with Gasteiger partial charge in [-0.1, -0.05) is 25.1 Å². The molecule has 1 heterocycles. The fraction of sp³-hybridized carbons (Fsp3) is 0.421. The molecule has 0 aromatic heterocycles. The van der Waals surface area contributed by atoms with E-state index in [0.717, 1.165) is 25.8 Å². The summed E-state index contributed by atoms with van der Waals surface area (Å²) in [5, 5.41) is 19.2. The Labute approximate surface area is 138 Å². The monoisotopic (exact) mass is 308 g/mol. The average Bonchev–Trinajstić information content (AvgIpc) is 2.56. The van der Waals surface area contributed by atoms with Crippen molar-refractivity contribution in [3.05, 3.63) is 48.2 Å². The normalized spacial score (nSPS) is 26.4. The molecule has 23 heavy (non-hydrogen) atoms. The summed E-state index contributed by atoms with van der Waals surface area (Å²) < 4.78 is 0. The third-order valence-electron chi connectivity index (χ3n) is 4.73. The number of benzene rings is 1. The summed E-state index contributed by atoms with van der Waals surface area (Å²) in [6.07, 6.45) is 9.08. The SMILES string of the molecule is CC/C(=C\NC1CC(/C=C/C#N)C1)C1CNc2ccccc2N1. The van der Waals surface area contributed by atoms with Crippen LogP contribution < -0.4 is 16.0 Å². The van der Waals surface area contributed by atoms with Gasteiger partial charge in [-0.05, 0) is 49.1 Å². The summed E-state index contributed by atoms with van der Waals surface area (Å²) in [7, 11) is 0. The van der Waals surface area contributed by atoms with Crippen LogP contribution in [0.1, 0.15) is 26.2 Å². The van der Waals surface area contributed by atoms with Gasteiger partial charge < -0.3 is 16.0 Å². The third-order valence-corrected chi connectivity index (χ3v) is 4.73. The molecule has 0 bridgehead atoms. The molecule has 0 amide bonds. The number of nitrogens with one attached hydrogen (secondary N) is 3. The van der Waals surface area contributed by atoms with Gasteiger partial charge in [-0.25, -0.2) is 0 Å². The van der Waals surface area contributed by atoms with Crippen LogP contribution in [0.4, 0.5) is 11.4 Å². The first-order valence-corrected chi connectivity index (χ1v) is 8.41. The number of rotatable bonds is 5. The van der Waals surface area contributed by atoms with Gasteiger partial charge in [-0.3, -0.25) is 0 Å². The van der Waals surface area contributed by atoms with Crippen molar-refractivity contribution in [1.82, 2.24) is 5.32 Å². The first-order valence-electron chi connectivity index (χ1n) is 8.41. The minimum absolute atomic E-state index is 0.330. The largest absolute Gasteiger partial charge is 0.388 e. The second kappa shape index (κ2) is 7.23. The van der Waals surface area contributed by atoms with E-state index in [0.29, 0.717) is 18.0 Å². The molecular formula is C19H24N4. The molecule has 3 N–H and O–H groups in total. The maximum Gasteiger partial charge on any atom is 0.0908 e. The van der Waals surface area contributed by atoms with Gasteiger partial charge in [0, 0.05) is 18.7 Å². The van der Waals surface area contributed by atoms with Crippen LogP contribution in [0.25, 0.3) is 0 Å². The Morgan fingerprint density at radius 1 is 1.35 bits per heavy atom. The summed E-state index contributed by atoms with van der Waals surface area (Å²) >= 11 is 0. The summed E-state index contributed by atoms with van der Waals surface area (Å²) in [5.74, 6) is 0.562. The van der Waals surface area contributed by atoms with E-state index in [2.05, 4.69) is 59.4 Å². The first-order chi connectivity index (χ1) is 11.3. The molecule has 2 aliphatic rings. The zero-order chi connectivity index (χ0) is 16.1. The van der Waals surface area contributed by atoms with E-state index in [9.17, 15) is 0 Å². The maximum atomic E-state index is 8.55. The van der Waals surface area contributed by atoms with Crippen LogP contribution in [0.5, 0.6) is 0 Å². The van der Waals surface area contributed by atoms with Gasteiger partial charge in [0.1, 0.15) is 0 Å². The molecule has 1 aromatic rings. The summed E-state index contributed by atoms with van der Waals surface area (Å²) in [4.78, 5) is 0. The fourth-order valence-electron chi connectivity index (χ4n) is 3.25. The maximum absolute atomic E-state index is 8.55. The van der Waals surface area contributed by atoms with Crippen LogP contribution in [-0.2, 0) is 0 Å². The van der Waals surface area contributed by atoms with Gasteiger partial charge in [0.05, 0.1) is 23.5 Å². The van der Waals surface area contributed by atoms with Crippen LogP contribution >= 0.6 is 0 Å². The van der Waals surface area contributed by atoms with E-state index in [1.165, 1.54) is 16.9 Å². The molecule has 1 atom stereocenters. The van der Waals surface area contributed by atoms with Crippen molar-refractivity contribution in [3.63, 3.8) is 0 Å². The van der Waals surface area contributed by atoms with E-state index in [1.807, 2.05) is 6.08 Å². The first kappa shape index (κ1) is 15.5. The lowest BCUT2D eigenvalue weighted by Gasteiger charge is -2.35. The molecule has 0 spiro atoms. The lowest BCUT2D eigenvalue weighted by molar-refractivity contribution is 0.290. The fourth-order valence-corrected chi connectivity index (χ4v) is 3.25. The topological polar surface area (TPSA) is 59.9 Å². The Bertz CT molecular complexity index is 635. The van der Waals surface area contributed by atoms with Crippen LogP contribution in [0.2, 0.25) is 0 Å². The van der Waals surface area contributed by atoms with Gasteiger partial charge in [-0.15, -0.1) is 0 Å². The minimum atomic E-state index is 0.330. The predicted octanol–water partition coefficient (Wildman–Crippen LogP) is 3.63. The molecule has 1 saturated carbocycles. The molecule has 0 saturated heterocycles. The molecule has 4 nitrogen and oxygen atoms in total. The second-order valence-electron chi connectivity index (χ2n) is 6.28. The molecule has 1 aliphatic carbocycles. The van der Waals surface area contributed by atoms with Crippen molar-refractivity contribution < 1.29 is 0 Å². The van der Waals surface area contributed by atoms with Gasteiger partial charge >= 0.3 is 0 Å². The highest BCUT2D eigenvalue weighted by Crippen LogP contribution is 2.30. The molecule has 1 aliphatic heterocycles. The van der Waals surface area contributed by atoms with Crippen molar-refractivity contribution in [2.75, 3.05) is 17.2 Å². The number of fused-ring (bicyclic) bond motifs is 1. The molecule has 4 heteroatoms. The Balaban J connectivity index is 1.55. The van der Waals surface area contributed by atoms with Gasteiger partial charge in [0.25, 0.3) is 0 Å². The summed E-state index contributed by atoms with van der Waals surface area (Å²) in [6.45, 7) is 3.12. The van der Waals surface area contributed by atoms with E-state index in [-0.39, 0.29) is 0 Å². The number of allylic oxidation sites excluding steroid dienone is 2. The Morgan fingerprint density at radius 2 is 2.13 bits per heavy atom. The third kappa shape index (κ3) is 3.68. The van der Waals surface area contributed by atoms with Gasteiger partial charge in [0.2, 0.25) is 0 Å². The van der Waals surface area contributed by atoms with E-state index >= 15 is 0 Å². The van der Waals surface area contributed by atoms with Gasteiger partial charge in [0.15, 0.2) is 0 Å². The molecule has 120 valence electrons. The lowest BCUT2D eigenvalue weighted by Crippen LogP contribution is -2.39. The van der Waals surface area contributed by atoms with Crippen molar-refractivity contribution in [3.8, 4) is 6.07 Å². The molecule has 0 radical (unpaired) electrons. The summed E-state index contributed by atoms with van der Waals surface area (Å²) in [5.41, 5.74) is 3.75. The van der Waals surface area contributed by atoms with Gasteiger partial charge in [-0.2, -0.15) is 5.26 Å². The summed E-state index contributed by atoms with van der Waals surface area (Å²) in [6, 6.07) is 11.3. The van der Waals surface area contributed by atoms with Crippen LogP contribution in [0.3, 0.4) is 0 Å². The number of anilines is 2. The quantitative estimate of drug-likeness (QED) is 0.727. The molecule has 1 unspecified atom stereocenters. The number of nitrogens with zero attached hydrogens (tertiary/aromatic N) is 1. The Kier molecular flexibility index (Phi) is 4.87. The molecule has 1 fully saturated rings. The average molecular weight is 308 g/mol. The van der Waals surface area contributed by atoms with E-state index in [1.54, 1.807) is 6.08 Å². The zero-order valence-electron chi connectivity index (χ0n) is 13.5. The van der Waals surface area contributed by atoms with Crippen molar-refractivity contribution in [1.29, 1.82) is 5.26 Å². The standard InChI is InChI=1S/C19H24N4/c1-2-15(12-21-16-10-14(11-16)6-5-9-20)19-13-22-17-7-3-4-8-18(17)23-19/h3-8,12,14,16,19,21-23H,2,10-11,13H2,1H3/b6-5+,15-12+. The Morgan fingerprint density at radius 3 is 2.87 bits per heavy atom. The van der Waals surface area contributed by atoms with E-state index in [4.69, 9.17) is 5.26 Å². The smallest absolute Gasteiger partial charge is 0.0908 e. The zero-order valence-corrected chi connectivity index (χ0v) is 13.5. The highest BCUT2D eigenvalue weighted by molar-refractivity contribution is 5.71. The number of para-hydroxylation sites is 2. The second-order valence-corrected chi connectivity index (χ2v) is 6.28. The van der Waals surface area contributed by atoms with Crippen LogP contribution in [-0.4, -0.2) is 18.6 Å². The number of hydrogen-bond donors (Lipinski definition) is 3. The van der Waals surface area contributed by atoms with Crippen molar-refractivity contribution >= 4 is 11.4 Å². The Hall–Kier alpha value is -2.41. The predicted molar refractivity (Wildman–Crippen MR) is 95.1 cm³/mol. The number of hydrogen-bond acceptors (Lipinski definition) is 4. The van der Waals surface area contributed by atoms with Crippen LogP contribution in [0, 0.1) is 17.2 Å². The lowest BCUT2D eigenvalue weighted by atomic mass is 9.80. The van der Waals surface area contributed by atoms with E-state index < -0.39 is 0 Å². The molecule has 1 aromatic carbocycles. The van der Waals surface area contributed by atoms with Crippen molar-refractivity contribution in [2.45, 2.75) is 38.3 Å². The minimum Gasteiger partial charge on any atom is -0.388 e.